The van der Waals surface area contributed by atoms with E-state index in [0.717, 1.165) is 83.5 Å². The topological polar surface area (TPSA) is 175 Å². The fourth-order valence-corrected chi connectivity index (χ4v) is 8.66. The van der Waals surface area contributed by atoms with Gasteiger partial charge < -0.3 is 45.1 Å². The first-order valence-electron chi connectivity index (χ1n) is 28.5. The van der Waals surface area contributed by atoms with Gasteiger partial charge in [-0.05, 0) is 71.1 Å². The van der Waals surface area contributed by atoms with Crippen molar-refractivity contribution in [2.75, 3.05) is 19.8 Å². The predicted octanol–water partition coefficient (Wildman–Crippen LogP) is 12.7. The molecular formula is C59H105NO10. The molecule has 1 aliphatic heterocycles. The lowest BCUT2D eigenvalue weighted by atomic mass is 9.99. The van der Waals surface area contributed by atoms with Gasteiger partial charge in [0, 0.05) is 12.8 Å². The Bertz CT molecular complexity index is 1350. The van der Waals surface area contributed by atoms with Gasteiger partial charge in [0.1, 0.15) is 24.4 Å². The molecule has 1 amide bonds. The highest BCUT2D eigenvalue weighted by Gasteiger charge is 2.44. The summed E-state index contributed by atoms with van der Waals surface area (Å²) in [7, 11) is 0. The van der Waals surface area contributed by atoms with Crippen LogP contribution in [0.25, 0.3) is 0 Å². The van der Waals surface area contributed by atoms with E-state index in [9.17, 15) is 35.1 Å². The quantitative estimate of drug-likeness (QED) is 0.0196. The molecule has 7 atom stereocenters. The van der Waals surface area contributed by atoms with E-state index in [0.29, 0.717) is 19.4 Å². The highest BCUT2D eigenvalue weighted by Crippen LogP contribution is 2.23. The van der Waals surface area contributed by atoms with Crippen LogP contribution in [0.3, 0.4) is 0 Å². The fourth-order valence-electron chi connectivity index (χ4n) is 8.66. The average Bonchev–Trinajstić information content (AvgIpc) is 3.36. The molecule has 11 heteroatoms. The van der Waals surface area contributed by atoms with Crippen LogP contribution in [-0.4, -0.2) is 100 Å². The number of esters is 1. The third kappa shape index (κ3) is 38.0. The zero-order chi connectivity index (χ0) is 51.0. The third-order valence-corrected chi connectivity index (χ3v) is 13.2. The van der Waals surface area contributed by atoms with E-state index in [4.69, 9.17) is 14.2 Å². The van der Waals surface area contributed by atoms with Gasteiger partial charge in [0.25, 0.3) is 0 Å². The number of hydrogen-bond donors (Lipinski definition) is 6. The summed E-state index contributed by atoms with van der Waals surface area (Å²) in [5.41, 5.74) is 0. The van der Waals surface area contributed by atoms with E-state index in [1.54, 1.807) is 6.08 Å². The number of amides is 1. The van der Waals surface area contributed by atoms with E-state index in [2.05, 4.69) is 54.8 Å². The average molecular weight is 988 g/mol. The van der Waals surface area contributed by atoms with E-state index in [1.165, 1.54) is 128 Å². The number of carbonyl (C=O) groups is 2. The van der Waals surface area contributed by atoms with Crippen LogP contribution in [0, 0.1) is 0 Å². The molecule has 11 nitrogen and oxygen atoms in total. The van der Waals surface area contributed by atoms with Crippen LogP contribution >= 0.6 is 0 Å². The van der Waals surface area contributed by atoms with E-state index < -0.39 is 49.5 Å². The highest BCUT2D eigenvalue weighted by atomic mass is 16.7. The molecule has 0 aromatic rings. The first-order valence-corrected chi connectivity index (χ1v) is 28.5. The minimum Gasteiger partial charge on any atom is -0.465 e. The monoisotopic (exact) mass is 988 g/mol. The number of nitrogens with one attached hydrogen (secondary N) is 1. The molecule has 0 aliphatic carbocycles. The van der Waals surface area contributed by atoms with Crippen molar-refractivity contribution in [1.82, 2.24) is 5.32 Å². The highest BCUT2D eigenvalue weighted by molar-refractivity contribution is 5.76. The predicted molar refractivity (Wildman–Crippen MR) is 287 cm³/mol. The fraction of sp³-hybridized carbons (Fsp3) is 0.797. The lowest BCUT2D eigenvalue weighted by molar-refractivity contribution is -0.302. The summed E-state index contributed by atoms with van der Waals surface area (Å²) in [6, 6.07) is -0.838. The number of unbranched alkanes of at least 4 members (excludes halogenated alkanes) is 27. The maximum Gasteiger partial charge on any atom is 0.305 e. The minimum atomic E-state index is -1.58. The van der Waals surface area contributed by atoms with Gasteiger partial charge in [-0.2, -0.15) is 0 Å². The van der Waals surface area contributed by atoms with Crippen molar-refractivity contribution in [3.63, 3.8) is 0 Å². The van der Waals surface area contributed by atoms with Gasteiger partial charge in [0.2, 0.25) is 5.91 Å². The maximum atomic E-state index is 13.0. The first kappa shape index (κ1) is 65.4. The molecule has 0 spiro atoms. The molecule has 1 rings (SSSR count). The van der Waals surface area contributed by atoms with Crippen LogP contribution in [0.2, 0.25) is 0 Å². The van der Waals surface area contributed by atoms with Crippen LogP contribution in [0.5, 0.6) is 0 Å². The van der Waals surface area contributed by atoms with Crippen molar-refractivity contribution in [1.29, 1.82) is 0 Å². The molecule has 1 heterocycles. The van der Waals surface area contributed by atoms with Gasteiger partial charge in [-0.15, -0.1) is 0 Å². The number of carbonyl (C=O) groups excluding carboxylic acids is 2. The Labute approximate surface area is 427 Å². The zero-order valence-corrected chi connectivity index (χ0v) is 44.5. The molecule has 0 aromatic heterocycles. The maximum absolute atomic E-state index is 13.0. The van der Waals surface area contributed by atoms with Crippen LogP contribution < -0.4 is 5.32 Å². The van der Waals surface area contributed by atoms with E-state index >= 15 is 0 Å². The molecule has 1 fully saturated rings. The van der Waals surface area contributed by atoms with Gasteiger partial charge in [-0.1, -0.05) is 215 Å². The van der Waals surface area contributed by atoms with E-state index in [-0.39, 0.29) is 18.5 Å². The summed E-state index contributed by atoms with van der Waals surface area (Å²) in [4.78, 5) is 25.0. The summed E-state index contributed by atoms with van der Waals surface area (Å²) >= 11 is 0. The second-order valence-electron chi connectivity index (χ2n) is 19.6. The molecular weight excluding hydrogens is 883 g/mol. The summed E-state index contributed by atoms with van der Waals surface area (Å²) in [6.45, 7) is 3.96. The van der Waals surface area contributed by atoms with Gasteiger partial charge in [0.15, 0.2) is 6.29 Å². The second-order valence-corrected chi connectivity index (χ2v) is 19.6. The van der Waals surface area contributed by atoms with Crippen molar-refractivity contribution in [2.45, 2.75) is 281 Å². The third-order valence-electron chi connectivity index (χ3n) is 13.2. The van der Waals surface area contributed by atoms with E-state index in [1.807, 2.05) is 19.1 Å². The lowest BCUT2D eigenvalue weighted by Gasteiger charge is -2.40. The number of hydrogen-bond acceptors (Lipinski definition) is 10. The SMILES string of the molecule is C/C=C/CC/C=C/CC/C=C/C(O)C(COC1OC(CO)C(O)C(O)C1O)NC(=O)CCCCCCCCCCCCCCCC/C=C\C/C=C\CCOC(=O)CCCCCCCCCCCCCC. The molecule has 406 valence electrons. The Morgan fingerprint density at radius 1 is 0.557 bits per heavy atom. The molecule has 1 aliphatic rings. The molecule has 6 N–H and O–H groups in total. The number of aliphatic hydroxyl groups is 5. The van der Waals surface area contributed by atoms with Crippen molar-refractivity contribution < 1.29 is 49.3 Å². The Morgan fingerprint density at radius 2 is 1.03 bits per heavy atom. The van der Waals surface area contributed by atoms with Gasteiger partial charge >= 0.3 is 5.97 Å². The standard InChI is InChI=1S/C59H105NO10/c1-3-5-7-9-11-13-14-27-31-35-39-43-47-55(64)68-48-44-40-36-32-28-25-23-21-19-17-15-16-18-20-22-24-26-30-34-38-42-46-54(63)60-51(52(62)45-41-37-33-29-12-10-8-6-4-2)50-69-59-58(67)57(66)56(65)53(49-61)70-59/h4,6,12,25,28-29,36,40-41,45,51-53,56-59,61-62,65-67H,3,5,7-11,13-24,26-27,30-35,37-39,42-44,46-50H2,1-2H3,(H,60,63)/b6-4+,28-25-,29-12+,40-36-,45-41+. The van der Waals surface area contributed by atoms with Crippen molar-refractivity contribution >= 4 is 11.9 Å². The van der Waals surface area contributed by atoms with Crippen molar-refractivity contribution in [3.8, 4) is 0 Å². The minimum absolute atomic E-state index is 0.0496. The number of aliphatic hydroxyl groups excluding tert-OH is 5. The smallest absolute Gasteiger partial charge is 0.305 e. The zero-order valence-electron chi connectivity index (χ0n) is 44.5. The van der Waals surface area contributed by atoms with Gasteiger partial charge in [0.05, 0.1) is 32.0 Å². The molecule has 1 saturated heterocycles. The van der Waals surface area contributed by atoms with Crippen LogP contribution in [0.15, 0.2) is 60.8 Å². The molecule has 0 radical (unpaired) electrons. The Morgan fingerprint density at radius 3 is 1.57 bits per heavy atom. The Kier molecular flexibility index (Phi) is 45.4. The van der Waals surface area contributed by atoms with Crippen LogP contribution in [0.4, 0.5) is 0 Å². The van der Waals surface area contributed by atoms with Crippen LogP contribution in [0.1, 0.15) is 239 Å². The molecule has 0 saturated carbocycles. The number of rotatable bonds is 48. The summed E-state index contributed by atoms with van der Waals surface area (Å²) in [6.07, 6.45) is 52.2. The number of allylic oxidation sites excluding steroid dienone is 8. The summed E-state index contributed by atoms with van der Waals surface area (Å²) in [5, 5.41) is 54.1. The van der Waals surface area contributed by atoms with Crippen LogP contribution in [-0.2, 0) is 23.8 Å². The van der Waals surface area contributed by atoms with Crippen molar-refractivity contribution in [2.24, 2.45) is 0 Å². The lowest BCUT2D eigenvalue weighted by Crippen LogP contribution is -2.60. The normalized spacial score (nSPS) is 19.7. The Balaban J connectivity index is 2.06. The molecule has 0 aromatic carbocycles. The van der Waals surface area contributed by atoms with Crippen molar-refractivity contribution in [3.05, 3.63) is 60.8 Å². The molecule has 7 unspecified atom stereocenters. The van der Waals surface area contributed by atoms with Gasteiger partial charge in [-0.25, -0.2) is 0 Å². The van der Waals surface area contributed by atoms with Gasteiger partial charge in [-0.3, -0.25) is 9.59 Å². The summed E-state index contributed by atoms with van der Waals surface area (Å²) in [5.74, 6) is -0.255. The second kappa shape index (κ2) is 48.6. The molecule has 70 heavy (non-hydrogen) atoms. The Hall–Kier alpha value is -2.64. The largest absolute Gasteiger partial charge is 0.465 e. The summed E-state index contributed by atoms with van der Waals surface area (Å²) < 4.78 is 16.6. The molecule has 0 bridgehead atoms. The first-order chi connectivity index (χ1) is 34.2. The number of ether oxygens (including phenoxy) is 3.